The van der Waals surface area contributed by atoms with E-state index in [2.05, 4.69) is 4.98 Å². The van der Waals surface area contributed by atoms with Crippen LogP contribution in [0.15, 0.2) is 18.2 Å². The molecule has 2 aromatic rings. The molecule has 1 aromatic carbocycles. The SMILES string of the molecule is COCCn1c(C)nc2cc(F)ccc21. The molecule has 0 unspecified atom stereocenters. The zero-order valence-corrected chi connectivity index (χ0v) is 8.83. The minimum Gasteiger partial charge on any atom is -0.383 e. The normalized spacial score (nSPS) is 11.1. The Morgan fingerprint density at radius 1 is 1.47 bits per heavy atom. The van der Waals surface area contributed by atoms with Crippen molar-refractivity contribution in [3.05, 3.63) is 29.8 Å². The summed E-state index contributed by atoms with van der Waals surface area (Å²) in [5.74, 6) is 0.631. The predicted octanol–water partition coefficient (Wildman–Crippen LogP) is 2.13. The molecule has 0 amide bonds. The van der Waals surface area contributed by atoms with Crippen LogP contribution in [0.5, 0.6) is 0 Å². The molecule has 0 atom stereocenters. The minimum absolute atomic E-state index is 0.251. The second-order valence-corrected chi connectivity index (χ2v) is 3.44. The first kappa shape index (κ1) is 10.1. The van der Waals surface area contributed by atoms with Crippen molar-refractivity contribution < 1.29 is 9.13 Å². The predicted molar refractivity (Wildman–Crippen MR) is 56.3 cm³/mol. The molecule has 0 N–H and O–H groups in total. The molecule has 0 radical (unpaired) electrons. The summed E-state index contributed by atoms with van der Waals surface area (Å²) >= 11 is 0. The van der Waals surface area contributed by atoms with Gasteiger partial charge in [-0.05, 0) is 19.1 Å². The van der Waals surface area contributed by atoms with Crippen molar-refractivity contribution in [2.45, 2.75) is 13.5 Å². The van der Waals surface area contributed by atoms with E-state index in [9.17, 15) is 4.39 Å². The molecule has 4 heteroatoms. The van der Waals surface area contributed by atoms with E-state index >= 15 is 0 Å². The molecular weight excluding hydrogens is 195 g/mol. The molecule has 0 aliphatic heterocycles. The Labute approximate surface area is 87.5 Å². The van der Waals surface area contributed by atoms with Crippen LogP contribution in [0.2, 0.25) is 0 Å². The Morgan fingerprint density at radius 3 is 3.00 bits per heavy atom. The van der Waals surface area contributed by atoms with Gasteiger partial charge < -0.3 is 9.30 Å². The summed E-state index contributed by atoms with van der Waals surface area (Å²) in [5.41, 5.74) is 1.65. The maximum atomic E-state index is 13.0. The number of halogens is 1. The summed E-state index contributed by atoms with van der Waals surface area (Å²) in [6.45, 7) is 3.28. The Morgan fingerprint density at radius 2 is 2.27 bits per heavy atom. The van der Waals surface area contributed by atoms with Gasteiger partial charge in [0.1, 0.15) is 11.6 Å². The van der Waals surface area contributed by atoms with Crippen LogP contribution in [0, 0.1) is 12.7 Å². The van der Waals surface area contributed by atoms with Gasteiger partial charge in [-0.2, -0.15) is 0 Å². The first-order valence-corrected chi connectivity index (χ1v) is 4.83. The summed E-state index contributed by atoms with van der Waals surface area (Å²) in [6.07, 6.45) is 0. The van der Waals surface area contributed by atoms with E-state index < -0.39 is 0 Å². The highest BCUT2D eigenvalue weighted by atomic mass is 19.1. The number of nitrogens with zero attached hydrogens (tertiary/aromatic N) is 2. The second kappa shape index (κ2) is 3.98. The fourth-order valence-corrected chi connectivity index (χ4v) is 1.69. The number of benzene rings is 1. The molecule has 1 aromatic heterocycles. The molecule has 2 rings (SSSR count). The van der Waals surface area contributed by atoms with Gasteiger partial charge in [0.25, 0.3) is 0 Å². The van der Waals surface area contributed by atoms with E-state index in [0.29, 0.717) is 12.1 Å². The van der Waals surface area contributed by atoms with Gasteiger partial charge in [0, 0.05) is 19.7 Å². The van der Waals surface area contributed by atoms with Crippen LogP contribution in [0.1, 0.15) is 5.82 Å². The Hall–Kier alpha value is -1.42. The molecule has 1 heterocycles. The van der Waals surface area contributed by atoms with E-state index in [-0.39, 0.29) is 5.82 Å². The van der Waals surface area contributed by atoms with Crippen LogP contribution in [-0.4, -0.2) is 23.3 Å². The van der Waals surface area contributed by atoms with Crippen molar-refractivity contribution in [1.82, 2.24) is 9.55 Å². The molecule has 0 saturated heterocycles. The van der Waals surface area contributed by atoms with E-state index in [0.717, 1.165) is 17.9 Å². The number of ether oxygens (including phenoxy) is 1. The molecule has 80 valence electrons. The number of hydrogen-bond donors (Lipinski definition) is 0. The number of aryl methyl sites for hydroxylation is 1. The van der Waals surface area contributed by atoms with Crippen molar-refractivity contribution >= 4 is 11.0 Å². The molecular formula is C11H13FN2O. The minimum atomic E-state index is -0.251. The standard InChI is InChI=1S/C11H13FN2O/c1-8-13-10-7-9(12)3-4-11(10)14(8)5-6-15-2/h3-4,7H,5-6H2,1-2H3. The van der Waals surface area contributed by atoms with Crippen LogP contribution in [0.25, 0.3) is 11.0 Å². The van der Waals surface area contributed by atoms with Crippen LogP contribution in [-0.2, 0) is 11.3 Å². The lowest BCUT2D eigenvalue weighted by atomic mass is 10.3. The average Bonchev–Trinajstić information content (AvgIpc) is 2.50. The highest BCUT2D eigenvalue weighted by Gasteiger charge is 2.07. The van der Waals surface area contributed by atoms with Crippen LogP contribution < -0.4 is 0 Å². The molecule has 0 bridgehead atoms. The summed E-state index contributed by atoms with van der Waals surface area (Å²) in [6, 6.07) is 4.65. The summed E-state index contributed by atoms with van der Waals surface area (Å²) in [5, 5.41) is 0. The lowest BCUT2D eigenvalue weighted by Gasteiger charge is -2.05. The maximum absolute atomic E-state index is 13.0. The Balaban J connectivity index is 2.48. The van der Waals surface area contributed by atoms with Crippen LogP contribution in [0.4, 0.5) is 4.39 Å². The zero-order valence-electron chi connectivity index (χ0n) is 8.83. The van der Waals surface area contributed by atoms with Gasteiger partial charge >= 0.3 is 0 Å². The lowest BCUT2D eigenvalue weighted by Crippen LogP contribution is -2.05. The molecule has 3 nitrogen and oxygen atoms in total. The third-order valence-corrected chi connectivity index (χ3v) is 2.42. The molecule has 0 fully saturated rings. The molecule has 0 saturated carbocycles. The average molecular weight is 208 g/mol. The number of methoxy groups -OCH3 is 1. The molecule has 15 heavy (non-hydrogen) atoms. The largest absolute Gasteiger partial charge is 0.383 e. The third kappa shape index (κ3) is 1.85. The van der Waals surface area contributed by atoms with Crippen molar-refractivity contribution in [2.75, 3.05) is 13.7 Å². The van der Waals surface area contributed by atoms with Gasteiger partial charge in [-0.3, -0.25) is 0 Å². The smallest absolute Gasteiger partial charge is 0.125 e. The van der Waals surface area contributed by atoms with Crippen LogP contribution in [0.3, 0.4) is 0 Å². The van der Waals surface area contributed by atoms with Gasteiger partial charge in [0.2, 0.25) is 0 Å². The summed E-state index contributed by atoms with van der Waals surface area (Å²) in [4.78, 5) is 4.29. The van der Waals surface area contributed by atoms with Gasteiger partial charge in [-0.1, -0.05) is 0 Å². The third-order valence-electron chi connectivity index (χ3n) is 2.42. The maximum Gasteiger partial charge on any atom is 0.125 e. The van der Waals surface area contributed by atoms with Crippen molar-refractivity contribution in [3.8, 4) is 0 Å². The van der Waals surface area contributed by atoms with Gasteiger partial charge in [-0.15, -0.1) is 0 Å². The van der Waals surface area contributed by atoms with Gasteiger partial charge in [0.15, 0.2) is 0 Å². The molecule has 0 aliphatic rings. The number of hydrogen-bond acceptors (Lipinski definition) is 2. The van der Waals surface area contributed by atoms with E-state index in [1.165, 1.54) is 12.1 Å². The quantitative estimate of drug-likeness (QED) is 0.772. The molecule has 0 aliphatic carbocycles. The topological polar surface area (TPSA) is 27.1 Å². The van der Waals surface area contributed by atoms with Crippen molar-refractivity contribution in [2.24, 2.45) is 0 Å². The van der Waals surface area contributed by atoms with Crippen molar-refractivity contribution in [1.29, 1.82) is 0 Å². The van der Waals surface area contributed by atoms with E-state index in [1.807, 2.05) is 11.5 Å². The number of imidazole rings is 1. The lowest BCUT2D eigenvalue weighted by molar-refractivity contribution is 0.187. The number of rotatable bonds is 3. The Kier molecular flexibility index (Phi) is 2.68. The summed E-state index contributed by atoms with van der Waals surface area (Å²) in [7, 11) is 1.66. The summed E-state index contributed by atoms with van der Waals surface area (Å²) < 4.78 is 20.0. The first-order valence-electron chi connectivity index (χ1n) is 4.83. The first-order chi connectivity index (χ1) is 7.22. The van der Waals surface area contributed by atoms with E-state index in [1.54, 1.807) is 13.2 Å². The van der Waals surface area contributed by atoms with Crippen LogP contribution >= 0.6 is 0 Å². The van der Waals surface area contributed by atoms with E-state index in [4.69, 9.17) is 4.74 Å². The van der Waals surface area contributed by atoms with Gasteiger partial charge in [-0.25, -0.2) is 9.37 Å². The fourth-order valence-electron chi connectivity index (χ4n) is 1.69. The zero-order chi connectivity index (χ0) is 10.8. The monoisotopic (exact) mass is 208 g/mol. The Bertz CT molecular complexity index is 479. The second-order valence-electron chi connectivity index (χ2n) is 3.44. The number of aromatic nitrogens is 2. The van der Waals surface area contributed by atoms with Gasteiger partial charge in [0.05, 0.1) is 17.6 Å². The highest BCUT2D eigenvalue weighted by molar-refractivity contribution is 5.76. The highest BCUT2D eigenvalue weighted by Crippen LogP contribution is 2.16. The molecule has 0 spiro atoms. The number of fused-ring (bicyclic) bond motifs is 1. The fraction of sp³-hybridized carbons (Fsp3) is 0.364. The van der Waals surface area contributed by atoms with Crippen molar-refractivity contribution in [3.63, 3.8) is 0 Å².